The highest BCUT2D eigenvalue weighted by Crippen LogP contribution is 2.37. The molecule has 0 spiro atoms. The van der Waals surface area contributed by atoms with Crippen molar-refractivity contribution in [3.8, 4) is 0 Å². The number of thiophene rings is 1. The van der Waals surface area contributed by atoms with E-state index >= 15 is 0 Å². The maximum absolute atomic E-state index is 12.1. The molecule has 0 saturated carbocycles. The minimum atomic E-state index is -4.57. The van der Waals surface area contributed by atoms with Gasteiger partial charge < -0.3 is 5.11 Å². The average Bonchev–Trinajstić information content (AvgIpc) is 2.48. The molecule has 0 aliphatic carbocycles. The second-order valence-corrected chi connectivity index (χ2v) is 4.49. The lowest BCUT2D eigenvalue weighted by Gasteiger charge is -2.12. The first-order chi connectivity index (χ1) is 6.32. The third kappa shape index (κ3) is 2.48. The fourth-order valence-corrected chi connectivity index (χ4v) is 2.01. The van der Waals surface area contributed by atoms with Crippen LogP contribution in [0.4, 0.5) is 13.2 Å². The molecule has 1 heterocycles. The molecule has 0 radical (unpaired) electrons. The van der Waals surface area contributed by atoms with Crippen LogP contribution < -0.4 is 0 Å². The van der Waals surface area contributed by atoms with E-state index in [0.717, 1.165) is 16.2 Å². The summed E-state index contributed by atoms with van der Waals surface area (Å²) in [5.41, 5.74) is 0. The Morgan fingerprint density at radius 2 is 1.71 bits per heavy atom. The highest BCUT2D eigenvalue weighted by Gasteiger charge is 2.40. The van der Waals surface area contributed by atoms with Gasteiger partial charge in [0.1, 0.15) is 0 Å². The first-order valence-corrected chi connectivity index (χ1v) is 4.98. The van der Waals surface area contributed by atoms with Crippen LogP contribution in [0.5, 0.6) is 0 Å². The summed E-state index contributed by atoms with van der Waals surface area (Å²) in [6.07, 6.45) is -6.92. The Morgan fingerprint density at radius 3 is 2.07 bits per heavy atom. The first kappa shape index (κ1) is 11.5. The van der Waals surface area contributed by atoms with Crippen LogP contribution in [0, 0.1) is 0 Å². The van der Waals surface area contributed by atoms with Crippen LogP contribution in [0.2, 0.25) is 0 Å². The van der Waals surface area contributed by atoms with Crippen molar-refractivity contribution in [3.63, 3.8) is 0 Å². The number of aliphatic hydroxyl groups excluding tert-OH is 1. The Kier molecular flexibility index (Phi) is 3.21. The zero-order valence-corrected chi connectivity index (χ0v) is 8.62. The highest BCUT2D eigenvalue weighted by atomic mass is 32.1. The van der Waals surface area contributed by atoms with Gasteiger partial charge >= 0.3 is 6.18 Å². The molecule has 0 fully saturated rings. The molecule has 14 heavy (non-hydrogen) atoms. The van der Waals surface area contributed by atoms with Gasteiger partial charge in [0.05, 0.1) is 0 Å². The zero-order valence-electron chi connectivity index (χ0n) is 7.80. The van der Waals surface area contributed by atoms with Gasteiger partial charge in [0, 0.05) is 9.75 Å². The molecule has 1 N–H and O–H groups in total. The molecule has 1 aromatic heterocycles. The van der Waals surface area contributed by atoms with Crippen molar-refractivity contribution in [2.45, 2.75) is 32.0 Å². The predicted molar refractivity (Wildman–Crippen MR) is 49.4 cm³/mol. The molecule has 1 aromatic rings. The highest BCUT2D eigenvalue weighted by molar-refractivity contribution is 7.12. The van der Waals surface area contributed by atoms with Gasteiger partial charge in [-0.1, -0.05) is 13.8 Å². The third-order valence-corrected chi connectivity index (χ3v) is 3.23. The molecule has 0 bridgehead atoms. The van der Waals surface area contributed by atoms with E-state index in [1.807, 2.05) is 13.8 Å². The molecule has 5 heteroatoms. The topological polar surface area (TPSA) is 20.2 Å². The largest absolute Gasteiger partial charge is 0.419 e. The Bertz CT molecular complexity index is 303. The van der Waals surface area contributed by atoms with E-state index in [4.69, 9.17) is 5.11 Å². The van der Waals surface area contributed by atoms with E-state index in [9.17, 15) is 13.2 Å². The summed E-state index contributed by atoms with van der Waals surface area (Å²) < 4.78 is 36.3. The van der Waals surface area contributed by atoms with E-state index in [0.29, 0.717) is 0 Å². The molecular formula is C9H11F3OS. The molecule has 1 atom stereocenters. The van der Waals surface area contributed by atoms with Crippen molar-refractivity contribution in [1.82, 2.24) is 0 Å². The van der Waals surface area contributed by atoms with Gasteiger partial charge in [-0.15, -0.1) is 11.3 Å². The number of alkyl halides is 3. The van der Waals surface area contributed by atoms with Crippen molar-refractivity contribution in [2.75, 3.05) is 0 Å². The molecular weight excluding hydrogens is 213 g/mol. The molecule has 1 unspecified atom stereocenters. The minimum Gasteiger partial charge on any atom is -0.379 e. The van der Waals surface area contributed by atoms with E-state index in [1.54, 1.807) is 6.07 Å². The summed E-state index contributed by atoms with van der Waals surface area (Å²) in [5.74, 6) is 0.189. The van der Waals surface area contributed by atoms with Gasteiger partial charge in [0.25, 0.3) is 0 Å². The number of halogens is 3. The summed E-state index contributed by atoms with van der Waals surface area (Å²) in [7, 11) is 0. The minimum absolute atomic E-state index is 0.0406. The second-order valence-electron chi connectivity index (χ2n) is 3.34. The van der Waals surface area contributed by atoms with Gasteiger partial charge in [-0.05, 0) is 18.1 Å². The summed E-state index contributed by atoms with van der Waals surface area (Å²) in [5, 5.41) is 8.94. The Morgan fingerprint density at radius 1 is 1.21 bits per heavy atom. The number of rotatable bonds is 2. The summed E-state index contributed by atoms with van der Waals surface area (Å²) in [6.45, 7) is 3.80. The number of aliphatic hydroxyl groups is 1. The summed E-state index contributed by atoms with van der Waals surface area (Å²) in [4.78, 5) is 0.810. The molecule has 0 amide bonds. The van der Waals surface area contributed by atoms with Crippen molar-refractivity contribution in [2.24, 2.45) is 0 Å². The third-order valence-electron chi connectivity index (χ3n) is 1.80. The van der Waals surface area contributed by atoms with Crippen LogP contribution in [-0.4, -0.2) is 11.3 Å². The molecule has 0 saturated heterocycles. The summed E-state index contributed by atoms with van der Waals surface area (Å²) >= 11 is 1.01. The smallest absolute Gasteiger partial charge is 0.379 e. The van der Waals surface area contributed by atoms with Crippen LogP contribution in [0.25, 0.3) is 0 Å². The van der Waals surface area contributed by atoms with Gasteiger partial charge in [0.2, 0.25) is 0 Å². The van der Waals surface area contributed by atoms with Crippen molar-refractivity contribution in [3.05, 3.63) is 21.9 Å². The molecule has 80 valence electrons. The number of hydrogen-bond acceptors (Lipinski definition) is 2. The van der Waals surface area contributed by atoms with Gasteiger partial charge in [0.15, 0.2) is 6.10 Å². The molecule has 1 rings (SSSR count). The normalized spacial score (nSPS) is 14.8. The van der Waals surface area contributed by atoms with Crippen LogP contribution in [0.3, 0.4) is 0 Å². The van der Waals surface area contributed by atoms with Gasteiger partial charge in [-0.3, -0.25) is 0 Å². The monoisotopic (exact) mass is 224 g/mol. The lowest BCUT2D eigenvalue weighted by atomic mass is 10.2. The van der Waals surface area contributed by atoms with Crippen LogP contribution in [0.1, 0.15) is 35.6 Å². The average molecular weight is 224 g/mol. The van der Waals surface area contributed by atoms with E-state index in [-0.39, 0.29) is 10.8 Å². The van der Waals surface area contributed by atoms with Gasteiger partial charge in [-0.2, -0.15) is 13.2 Å². The first-order valence-electron chi connectivity index (χ1n) is 4.16. The van der Waals surface area contributed by atoms with Crippen molar-refractivity contribution in [1.29, 1.82) is 0 Å². The van der Waals surface area contributed by atoms with Crippen molar-refractivity contribution >= 4 is 11.3 Å². The fourth-order valence-electron chi connectivity index (χ4n) is 0.987. The van der Waals surface area contributed by atoms with Gasteiger partial charge in [-0.25, -0.2) is 0 Å². The Balaban J connectivity index is 2.87. The van der Waals surface area contributed by atoms with Crippen LogP contribution in [0.15, 0.2) is 12.1 Å². The number of hydrogen-bond donors (Lipinski definition) is 1. The lowest BCUT2D eigenvalue weighted by Crippen LogP contribution is -2.18. The Hall–Kier alpha value is -0.550. The lowest BCUT2D eigenvalue weighted by molar-refractivity contribution is -0.205. The van der Waals surface area contributed by atoms with E-state index in [2.05, 4.69) is 0 Å². The van der Waals surface area contributed by atoms with E-state index in [1.165, 1.54) is 6.07 Å². The molecule has 0 aliphatic heterocycles. The van der Waals surface area contributed by atoms with E-state index < -0.39 is 12.3 Å². The maximum Gasteiger partial charge on any atom is 0.419 e. The van der Waals surface area contributed by atoms with Crippen LogP contribution in [-0.2, 0) is 0 Å². The molecule has 0 aliphatic rings. The quantitative estimate of drug-likeness (QED) is 0.815. The maximum atomic E-state index is 12.1. The standard InChI is InChI=1S/C9H11F3OS/c1-5(2)6-3-4-7(14-6)8(13)9(10,11)12/h3-5,8,13H,1-2H3. The molecule has 0 aromatic carbocycles. The summed E-state index contributed by atoms with van der Waals surface area (Å²) in [6, 6.07) is 2.96. The molecule has 1 nitrogen and oxygen atoms in total. The Labute approximate surface area is 84.2 Å². The fraction of sp³-hybridized carbons (Fsp3) is 0.556. The SMILES string of the molecule is CC(C)c1ccc(C(O)C(F)(F)F)s1. The predicted octanol–water partition coefficient (Wildman–Crippen LogP) is 3.47. The second kappa shape index (κ2) is 3.90. The van der Waals surface area contributed by atoms with Crippen molar-refractivity contribution < 1.29 is 18.3 Å². The van der Waals surface area contributed by atoms with Crippen LogP contribution >= 0.6 is 11.3 Å². The zero-order chi connectivity index (χ0) is 10.9.